The Bertz CT molecular complexity index is 401. The molecule has 0 aromatic heterocycles. The topological polar surface area (TPSA) is 50.4 Å². The molecule has 2 N–H and O–H groups in total. The largest absolute Gasteiger partial charge is 0.493 e. The van der Waals surface area contributed by atoms with Crippen LogP contribution in [0.1, 0.15) is 39.3 Å². The number of nitrogens with one attached hydrogen (secondary N) is 2. The standard InChI is InChI=1S/C16H26N2O2/c1-5-17-16(19)10-18-13(4)14-6-8-15(9-7-14)20-11-12(2)3/h6-9,12-13,18H,5,10-11H2,1-4H3,(H,17,19). The first-order valence-corrected chi connectivity index (χ1v) is 7.25. The lowest BCUT2D eigenvalue weighted by molar-refractivity contribution is -0.120. The second kappa shape index (κ2) is 8.59. The minimum atomic E-state index is 0.0243. The van der Waals surface area contributed by atoms with Gasteiger partial charge in [0, 0.05) is 12.6 Å². The van der Waals surface area contributed by atoms with E-state index in [-0.39, 0.29) is 11.9 Å². The van der Waals surface area contributed by atoms with E-state index in [1.807, 2.05) is 38.1 Å². The highest BCUT2D eigenvalue weighted by Crippen LogP contribution is 2.17. The maximum Gasteiger partial charge on any atom is 0.233 e. The molecule has 1 amide bonds. The quantitative estimate of drug-likeness (QED) is 0.768. The van der Waals surface area contributed by atoms with Crippen molar-refractivity contribution >= 4 is 5.91 Å². The van der Waals surface area contributed by atoms with E-state index in [0.717, 1.165) is 17.9 Å². The molecule has 20 heavy (non-hydrogen) atoms. The molecule has 112 valence electrons. The predicted molar refractivity (Wildman–Crippen MR) is 81.9 cm³/mol. The first-order chi connectivity index (χ1) is 9.52. The molecule has 4 heteroatoms. The number of likely N-dealkylation sites (N-methyl/N-ethyl adjacent to an activating group) is 1. The third-order valence-corrected chi connectivity index (χ3v) is 2.91. The average Bonchev–Trinajstić information content (AvgIpc) is 2.43. The molecule has 1 atom stereocenters. The summed E-state index contributed by atoms with van der Waals surface area (Å²) in [6.07, 6.45) is 0. The van der Waals surface area contributed by atoms with Crippen LogP contribution in [0.2, 0.25) is 0 Å². The highest BCUT2D eigenvalue weighted by atomic mass is 16.5. The minimum Gasteiger partial charge on any atom is -0.493 e. The molecular weight excluding hydrogens is 252 g/mol. The Morgan fingerprint density at radius 1 is 1.20 bits per heavy atom. The van der Waals surface area contributed by atoms with Gasteiger partial charge in [-0.2, -0.15) is 0 Å². The molecule has 0 fully saturated rings. The number of ether oxygens (including phenoxy) is 1. The van der Waals surface area contributed by atoms with Crippen molar-refractivity contribution in [3.63, 3.8) is 0 Å². The second-order valence-corrected chi connectivity index (χ2v) is 5.33. The molecule has 1 unspecified atom stereocenters. The number of benzene rings is 1. The van der Waals surface area contributed by atoms with Crippen molar-refractivity contribution in [2.75, 3.05) is 19.7 Å². The van der Waals surface area contributed by atoms with Gasteiger partial charge in [-0.3, -0.25) is 4.79 Å². The van der Waals surface area contributed by atoms with E-state index < -0.39 is 0 Å². The van der Waals surface area contributed by atoms with Gasteiger partial charge in [-0.25, -0.2) is 0 Å². The van der Waals surface area contributed by atoms with Crippen molar-refractivity contribution in [1.29, 1.82) is 0 Å². The third kappa shape index (κ3) is 6.06. The number of rotatable bonds is 8. The van der Waals surface area contributed by atoms with Gasteiger partial charge in [-0.1, -0.05) is 26.0 Å². The molecule has 0 heterocycles. The lowest BCUT2D eigenvalue weighted by atomic mass is 10.1. The van der Waals surface area contributed by atoms with E-state index in [1.54, 1.807) is 0 Å². The zero-order valence-electron chi connectivity index (χ0n) is 12.9. The van der Waals surface area contributed by atoms with E-state index in [4.69, 9.17) is 4.74 Å². The van der Waals surface area contributed by atoms with Crippen molar-refractivity contribution in [1.82, 2.24) is 10.6 Å². The second-order valence-electron chi connectivity index (χ2n) is 5.33. The lowest BCUT2D eigenvalue weighted by Crippen LogP contribution is -2.34. The molecule has 0 radical (unpaired) electrons. The van der Waals surface area contributed by atoms with Gasteiger partial charge in [-0.05, 0) is 37.5 Å². The predicted octanol–water partition coefficient (Wildman–Crippen LogP) is 2.51. The normalized spacial score (nSPS) is 12.2. The van der Waals surface area contributed by atoms with Crippen LogP contribution < -0.4 is 15.4 Å². The van der Waals surface area contributed by atoms with E-state index in [9.17, 15) is 4.79 Å². The SMILES string of the molecule is CCNC(=O)CNC(C)c1ccc(OCC(C)C)cc1. The van der Waals surface area contributed by atoms with Gasteiger partial charge in [0.25, 0.3) is 0 Å². The molecule has 0 bridgehead atoms. The van der Waals surface area contributed by atoms with Gasteiger partial charge in [-0.15, -0.1) is 0 Å². The van der Waals surface area contributed by atoms with Crippen molar-refractivity contribution in [3.8, 4) is 5.75 Å². The Morgan fingerprint density at radius 3 is 2.40 bits per heavy atom. The molecule has 1 aromatic carbocycles. The molecule has 1 aromatic rings. The van der Waals surface area contributed by atoms with E-state index >= 15 is 0 Å². The van der Waals surface area contributed by atoms with Crippen LogP contribution in [0.4, 0.5) is 0 Å². The third-order valence-electron chi connectivity index (χ3n) is 2.91. The number of hydrogen-bond donors (Lipinski definition) is 2. The Morgan fingerprint density at radius 2 is 1.85 bits per heavy atom. The van der Waals surface area contributed by atoms with Crippen LogP contribution in [0.25, 0.3) is 0 Å². The maximum absolute atomic E-state index is 11.4. The van der Waals surface area contributed by atoms with Gasteiger partial charge in [0.05, 0.1) is 13.2 Å². The molecule has 1 rings (SSSR count). The fraction of sp³-hybridized carbons (Fsp3) is 0.562. The first kappa shape index (κ1) is 16.5. The van der Waals surface area contributed by atoms with Crippen LogP contribution in [-0.4, -0.2) is 25.6 Å². The molecule has 0 spiro atoms. The number of carbonyl (C=O) groups excluding carboxylic acids is 1. The van der Waals surface area contributed by atoms with E-state index in [2.05, 4.69) is 24.5 Å². The van der Waals surface area contributed by atoms with Gasteiger partial charge >= 0.3 is 0 Å². The van der Waals surface area contributed by atoms with Crippen molar-refractivity contribution in [2.45, 2.75) is 33.7 Å². The van der Waals surface area contributed by atoms with E-state index in [0.29, 0.717) is 19.0 Å². The summed E-state index contributed by atoms with van der Waals surface area (Å²) in [4.78, 5) is 11.4. The summed E-state index contributed by atoms with van der Waals surface area (Å²) in [5.41, 5.74) is 1.14. The van der Waals surface area contributed by atoms with Crippen molar-refractivity contribution in [2.24, 2.45) is 5.92 Å². The molecule has 0 saturated carbocycles. The zero-order chi connectivity index (χ0) is 15.0. The Hall–Kier alpha value is -1.55. The Balaban J connectivity index is 2.44. The van der Waals surface area contributed by atoms with Crippen LogP contribution in [0.3, 0.4) is 0 Å². The smallest absolute Gasteiger partial charge is 0.233 e. The van der Waals surface area contributed by atoms with Gasteiger partial charge in [0.15, 0.2) is 0 Å². The Kier molecular flexibility index (Phi) is 7.09. The van der Waals surface area contributed by atoms with Crippen molar-refractivity contribution in [3.05, 3.63) is 29.8 Å². The molecule has 0 saturated heterocycles. The number of carbonyl (C=O) groups is 1. The summed E-state index contributed by atoms with van der Waals surface area (Å²) in [5, 5.41) is 5.97. The molecular formula is C16H26N2O2. The number of hydrogen-bond acceptors (Lipinski definition) is 3. The van der Waals surface area contributed by atoms with Crippen LogP contribution in [-0.2, 0) is 4.79 Å². The average molecular weight is 278 g/mol. The summed E-state index contributed by atoms with van der Waals surface area (Å²) in [6, 6.07) is 8.15. The maximum atomic E-state index is 11.4. The molecule has 0 aliphatic heterocycles. The Labute approximate surface area is 121 Å². The summed E-state index contributed by atoms with van der Waals surface area (Å²) >= 11 is 0. The van der Waals surface area contributed by atoms with E-state index in [1.165, 1.54) is 0 Å². The van der Waals surface area contributed by atoms with Gasteiger partial charge in [0.1, 0.15) is 5.75 Å². The highest BCUT2D eigenvalue weighted by Gasteiger charge is 2.07. The monoisotopic (exact) mass is 278 g/mol. The summed E-state index contributed by atoms with van der Waals surface area (Å²) < 4.78 is 5.65. The number of amides is 1. The lowest BCUT2D eigenvalue weighted by Gasteiger charge is -2.15. The fourth-order valence-corrected chi connectivity index (χ4v) is 1.74. The highest BCUT2D eigenvalue weighted by molar-refractivity contribution is 5.77. The molecule has 0 aliphatic rings. The van der Waals surface area contributed by atoms with Crippen LogP contribution >= 0.6 is 0 Å². The zero-order valence-corrected chi connectivity index (χ0v) is 12.9. The molecule has 0 aliphatic carbocycles. The summed E-state index contributed by atoms with van der Waals surface area (Å²) in [7, 11) is 0. The van der Waals surface area contributed by atoms with Crippen LogP contribution in [0, 0.1) is 5.92 Å². The van der Waals surface area contributed by atoms with Gasteiger partial charge < -0.3 is 15.4 Å². The van der Waals surface area contributed by atoms with Crippen LogP contribution in [0.5, 0.6) is 5.75 Å². The summed E-state index contributed by atoms with van der Waals surface area (Å²) in [5.74, 6) is 1.43. The molecule has 4 nitrogen and oxygen atoms in total. The van der Waals surface area contributed by atoms with Crippen LogP contribution in [0.15, 0.2) is 24.3 Å². The van der Waals surface area contributed by atoms with Gasteiger partial charge in [0.2, 0.25) is 5.91 Å². The fourth-order valence-electron chi connectivity index (χ4n) is 1.74. The minimum absolute atomic E-state index is 0.0243. The van der Waals surface area contributed by atoms with Crippen molar-refractivity contribution < 1.29 is 9.53 Å². The summed E-state index contributed by atoms with van der Waals surface area (Å²) in [6.45, 7) is 9.94. The first-order valence-electron chi connectivity index (χ1n) is 7.25.